The third-order valence-corrected chi connectivity index (χ3v) is 5.52. The summed E-state index contributed by atoms with van der Waals surface area (Å²) in [5, 5.41) is 6.18. The van der Waals surface area contributed by atoms with Crippen molar-refractivity contribution in [2.24, 2.45) is 5.10 Å². The normalized spacial score (nSPS) is 15.7. The molecule has 0 spiro atoms. The fraction of sp³-hybridized carbons (Fsp3) is 0.231. The maximum absolute atomic E-state index is 13.8. The molecule has 0 unspecified atom stereocenters. The van der Waals surface area contributed by atoms with Crippen LogP contribution in [0.5, 0.6) is 5.75 Å². The SMILES string of the molecule is COc1ccc([C@H]2CC(c3cccc(F)c3)=NN2C(=O)CN(C)Cc2ccccc2)cc1. The first-order valence-corrected chi connectivity index (χ1v) is 10.6. The highest BCUT2D eigenvalue weighted by Crippen LogP contribution is 2.33. The van der Waals surface area contributed by atoms with Gasteiger partial charge in [-0.3, -0.25) is 9.69 Å². The maximum Gasteiger partial charge on any atom is 0.257 e. The van der Waals surface area contributed by atoms with Gasteiger partial charge in [0, 0.05) is 18.5 Å². The molecule has 1 amide bonds. The smallest absolute Gasteiger partial charge is 0.257 e. The van der Waals surface area contributed by atoms with E-state index in [0.717, 1.165) is 16.9 Å². The number of benzene rings is 3. The number of likely N-dealkylation sites (N-methyl/N-ethyl adjacent to an activating group) is 1. The monoisotopic (exact) mass is 431 g/mol. The van der Waals surface area contributed by atoms with Crippen molar-refractivity contribution in [2.75, 3.05) is 20.7 Å². The van der Waals surface area contributed by atoms with Gasteiger partial charge < -0.3 is 4.74 Å². The summed E-state index contributed by atoms with van der Waals surface area (Å²) in [6.45, 7) is 0.884. The molecule has 1 heterocycles. The summed E-state index contributed by atoms with van der Waals surface area (Å²) in [5.41, 5.74) is 3.49. The Morgan fingerprint density at radius 2 is 1.84 bits per heavy atom. The summed E-state index contributed by atoms with van der Waals surface area (Å²) in [6, 6.07) is 23.8. The van der Waals surface area contributed by atoms with Crippen molar-refractivity contribution < 1.29 is 13.9 Å². The van der Waals surface area contributed by atoms with Gasteiger partial charge in [0.2, 0.25) is 0 Å². The van der Waals surface area contributed by atoms with Gasteiger partial charge in [-0.05, 0) is 42.4 Å². The fourth-order valence-corrected chi connectivity index (χ4v) is 3.92. The molecule has 4 rings (SSSR count). The van der Waals surface area contributed by atoms with E-state index < -0.39 is 0 Å². The molecule has 0 saturated carbocycles. The number of carbonyl (C=O) groups is 1. The van der Waals surface area contributed by atoms with E-state index in [-0.39, 0.29) is 24.3 Å². The summed E-state index contributed by atoms with van der Waals surface area (Å²) in [7, 11) is 3.54. The van der Waals surface area contributed by atoms with E-state index in [9.17, 15) is 9.18 Å². The molecule has 0 aromatic heterocycles. The minimum absolute atomic E-state index is 0.101. The van der Waals surface area contributed by atoms with Crippen molar-refractivity contribution in [3.63, 3.8) is 0 Å². The van der Waals surface area contributed by atoms with Crippen molar-refractivity contribution in [2.45, 2.75) is 19.0 Å². The zero-order valence-corrected chi connectivity index (χ0v) is 18.2. The third kappa shape index (κ3) is 5.03. The summed E-state index contributed by atoms with van der Waals surface area (Å²) in [4.78, 5) is 15.2. The molecule has 0 saturated heterocycles. The molecule has 0 fully saturated rings. The van der Waals surface area contributed by atoms with Crippen molar-refractivity contribution in [3.8, 4) is 5.75 Å². The fourth-order valence-electron chi connectivity index (χ4n) is 3.92. The third-order valence-electron chi connectivity index (χ3n) is 5.52. The molecular formula is C26H26FN3O2. The predicted molar refractivity (Wildman–Crippen MR) is 123 cm³/mol. The lowest BCUT2D eigenvalue weighted by Crippen LogP contribution is -2.36. The summed E-state index contributed by atoms with van der Waals surface area (Å²) in [6.07, 6.45) is 0.518. The van der Waals surface area contributed by atoms with Crippen LogP contribution in [0.25, 0.3) is 0 Å². The lowest BCUT2D eigenvalue weighted by molar-refractivity contribution is -0.134. The zero-order chi connectivity index (χ0) is 22.5. The van der Waals surface area contributed by atoms with Crippen molar-refractivity contribution >= 4 is 11.6 Å². The van der Waals surface area contributed by atoms with Gasteiger partial charge in [0.25, 0.3) is 5.91 Å². The molecule has 1 aliphatic heterocycles. The molecule has 0 aliphatic carbocycles. The molecule has 3 aromatic rings. The van der Waals surface area contributed by atoms with Gasteiger partial charge >= 0.3 is 0 Å². The number of amides is 1. The molecule has 164 valence electrons. The van der Waals surface area contributed by atoms with Crippen molar-refractivity contribution in [1.82, 2.24) is 9.91 Å². The average Bonchev–Trinajstić information content (AvgIpc) is 3.25. The summed E-state index contributed by atoms with van der Waals surface area (Å²) in [5.74, 6) is 0.327. The van der Waals surface area contributed by atoms with Gasteiger partial charge in [-0.2, -0.15) is 5.10 Å². The molecule has 6 heteroatoms. The minimum Gasteiger partial charge on any atom is -0.497 e. The standard InChI is InChI=1S/C26H26FN3O2/c1-29(17-19-7-4-3-5-8-19)18-26(31)30-25(20-11-13-23(32-2)14-12-20)16-24(28-30)21-9-6-10-22(27)15-21/h3-15,25H,16-18H2,1-2H3/t25-/m1/s1. The van der Waals surface area contributed by atoms with Crippen LogP contribution in [0.2, 0.25) is 0 Å². The van der Waals surface area contributed by atoms with Crippen molar-refractivity contribution in [1.29, 1.82) is 0 Å². The van der Waals surface area contributed by atoms with E-state index in [0.29, 0.717) is 24.2 Å². The van der Waals surface area contributed by atoms with Crippen LogP contribution in [0, 0.1) is 5.82 Å². The molecule has 0 radical (unpaired) electrons. The van der Waals surface area contributed by atoms with E-state index >= 15 is 0 Å². The molecule has 5 nitrogen and oxygen atoms in total. The second-order valence-corrected chi connectivity index (χ2v) is 7.95. The van der Waals surface area contributed by atoms with Crippen LogP contribution >= 0.6 is 0 Å². The lowest BCUT2D eigenvalue weighted by atomic mass is 9.98. The van der Waals surface area contributed by atoms with Gasteiger partial charge in [-0.25, -0.2) is 9.40 Å². The van der Waals surface area contributed by atoms with E-state index in [1.165, 1.54) is 12.1 Å². The van der Waals surface area contributed by atoms with E-state index in [1.807, 2.05) is 72.6 Å². The first-order valence-electron chi connectivity index (χ1n) is 10.6. The maximum atomic E-state index is 13.8. The number of carbonyl (C=O) groups excluding carboxylic acids is 1. The zero-order valence-electron chi connectivity index (χ0n) is 18.2. The van der Waals surface area contributed by atoms with Crippen LogP contribution in [0.15, 0.2) is 84.0 Å². The number of nitrogens with zero attached hydrogens (tertiary/aromatic N) is 3. The largest absolute Gasteiger partial charge is 0.497 e. The van der Waals surface area contributed by atoms with Gasteiger partial charge in [-0.1, -0.05) is 54.6 Å². The van der Waals surface area contributed by atoms with Gasteiger partial charge in [-0.15, -0.1) is 0 Å². The quantitative estimate of drug-likeness (QED) is 0.547. The first-order chi connectivity index (χ1) is 15.5. The number of rotatable bonds is 7. The Morgan fingerprint density at radius 3 is 2.53 bits per heavy atom. The average molecular weight is 432 g/mol. The van der Waals surface area contributed by atoms with Crippen LogP contribution in [-0.2, 0) is 11.3 Å². The summed E-state index contributed by atoms with van der Waals surface area (Å²) < 4.78 is 19.1. The van der Waals surface area contributed by atoms with Gasteiger partial charge in [0.1, 0.15) is 11.6 Å². The molecule has 1 aliphatic rings. The van der Waals surface area contributed by atoms with E-state index in [4.69, 9.17) is 4.74 Å². The van der Waals surface area contributed by atoms with Crippen LogP contribution < -0.4 is 4.74 Å². The Morgan fingerprint density at radius 1 is 1.09 bits per heavy atom. The number of halogens is 1. The van der Waals surface area contributed by atoms with Gasteiger partial charge in [0.15, 0.2) is 0 Å². The Bertz CT molecular complexity index is 1100. The minimum atomic E-state index is -0.321. The Balaban J connectivity index is 1.57. The second-order valence-electron chi connectivity index (χ2n) is 7.95. The number of methoxy groups -OCH3 is 1. The van der Waals surface area contributed by atoms with Crippen LogP contribution in [0.1, 0.15) is 29.2 Å². The Hall–Kier alpha value is -3.51. The van der Waals surface area contributed by atoms with E-state index in [2.05, 4.69) is 5.10 Å². The lowest BCUT2D eigenvalue weighted by Gasteiger charge is -2.25. The molecule has 0 N–H and O–H groups in total. The predicted octanol–water partition coefficient (Wildman–Crippen LogP) is 4.64. The Labute approximate surface area is 187 Å². The van der Waals surface area contributed by atoms with E-state index in [1.54, 1.807) is 18.2 Å². The molecule has 32 heavy (non-hydrogen) atoms. The highest BCUT2D eigenvalue weighted by Gasteiger charge is 2.33. The highest BCUT2D eigenvalue weighted by molar-refractivity contribution is 6.03. The van der Waals surface area contributed by atoms with Crippen LogP contribution in [0.4, 0.5) is 4.39 Å². The number of ether oxygens (including phenoxy) is 1. The number of hydrogen-bond acceptors (Lipinski definition) is 4. The highest BCUT2D eigenvalue weighted by atomic mass is 19.1. The van der Waals surface area contributed by atoms with Crippen molar-refractivity contribution in [3.05, 3.63) is 101 Å². The van der Waals surface area contributed by atoms with Crippen LogP contribution in [0.3, 0.4) is 0 Å². The van der Waals surface area contributed by atoms with Crippen LogP contribution in [-0.4, -0.2) is 42.2 Å². The molecule has 0 bridgehead atoms. The Kier molecular flexibility index (Phi) is 6.61. The van der Waals surface area contributed by atoms with Gasteiger partial charge in [0.05, 0.1) is 25.4 Å². The summed E-state index contributed by atoms with van der Waals surface area (Å²) >= 11 is 0. The second kappa shape index (κ2) is 9.75. The first kappa shape index (κ1) is 21.7. The molecular weight excluding hydrogens is 405 g/mol. The number of hydrazone groups is 1. The topological polar surface area (TPSA) is 45.1 Å². The number of hydrogen-bond donors (Lipinski definition) is 0. The molecule has 3 aromatic carbocycles. The molecule has 1 atom stereocenters.